The quantitative estimate of drug-likeness (QED) is 0.757. The Morgan fingerprint density at radius 3 is 2.69 bits per heavy atom. The molecule has 2 heterocycles. The topological polar surface area (TPSA) is 89.0 Å². The number of nitrogens with zero attached hydrogens (tertiary/aromatic N) is 2. The van der Waals surface area contributed by atoms with Crippen molar-refractivity contribution in [2.24, 2.45) is 0 Å². The number of pyridine rings is 1. The Kier molecular flexibility index (Phi) is 5.74. The molecule has 150 valence electrons. The van der Waals surface area contributed by atoms with Crippen molar-refractivity contribution < 1.29 is 24.2 Å². The van der Waals surface area contributed by atoms with E-state index in [2.05, 4.69) is 16.8 Å². The van der Waals surface area contributed by atoms with Gasteiger partial charge in [-0.15, -0.1) is 5.92 Å². The summed E-state index contributed by atoms with van der Waals surface area (Å²) in [5, 5.41) is 9.06. The van der Waals surface area contributed by atoms with Gasteiger partial charge >= 0.3 is 5.97 Å². The van der Waals surface area contributed by atoms with Crippen LogP contribution in [0.1, 0.15) is 38.7 Å². The third-order valence-electron chi connectivity index (χ3n) is 4.47. The van der Waals surface area contributed by atoms with Gasteiger partial charge in [0.05, 0.1) is 12.3 Å². The normalized spacial score (nSPS) is 15.4. The average Bonchev–Trinajstić information content (AvgIpc) is 2.68. The van der Waals surface area contributed by atoms with Crippen LogP contribution in [0.4, 0.5) is 5.82 Å². The molecule has 1 atom stereocenters. The molecule has 1 N–H and O–H groups in total. The maximum absolute atomic E-state index is 12.8. The van der Waals surface area contributed by atoms with Crippen molar-refractivity contribution in [3.8, 4) is 23.3 Å². The van der Waals surface area contributed by atoms with E-state index in [1.807, 2.05) is 0 Å². The van der Waals surface area contributed by atoms with E-state index in [4.69, 9.17) is 14.6 Å². The van der Waals surface area contributed by atoms with Crippen molar-refractivity contribution in [1.82, 2.24) is 4.98 Å². The molecule has 7 heteroatoms. The molecule has 0 bridgehead atoms. The van der Waals surface area contributed by atoms with Gasteiger partial charge in [-0.2, -0.15) is 0 Å². The molecule has 2 aromatic rings. The zero-order valence-electron chi connectivity index (χ0n) is 16.5. The summed E-state index contributed by atoms with van der Waals surface area (Å²) in [5.41, 5.74) is -0.226. The van der Waals surface area contributed by atoms with Gasteiger partial charge in [0.15, 0.2) is 23.9 Å². The zero-order valence-corrected chi connectivity index (χ0v) is 16.5. The lowest BCUT2D eigenvalue weighted by Crippen LogP contribution is -2.53. The summed E-state index contributed by atoms with van der Waals surface area (Å²) >= 11 is 0. The first-order valence-corrected chi connectivity index (χ1v) is 9.14. The van der Waals surface area contributed by atoms with E-state index in [0.717, 1.165) is 5.56 Å². The molecule has 1 aliphatic rings. The molecule has 1 aromatic heterocycles. The average molecular weight is 394 g/mol. The Morgan fingerprint density at radius 2 is 2.03 bits per heavy atom. The predicted molar refractivity (Wildman–Crippen MR) is 107 cm³/mol. The van der Waals surface area contributed by atoms with Crippen LogP contribution in [0, 0.1) is 11.8 Å². The van der Waals surface area contributed by atoms with Crippen LogP contribution >= 0.6 is 0 Å². The summed E-state index contributed by atoms with van der Waals surface area (Å²) in [6, 6.07) is 10.5. The molecule has 0 aliphatic carbocycles. The molecule has 29 heavy (non-hydrogen) atoms. The van der Waals surface area contributed by atoms with Crippen LogP contribution in [0.5, 0.6) is 11.5 Å². The molecule has 0 saturated heterocycles. The number of hydrogen-bond donors (Lipinski definition) is 1. The SMILES string of the molecule is CC#CC(CC(=O)O)c1ccc(OCN2C(=O)C(C)(C)Oc3cccnc32)cc1. The van der Waals surface area contributed by atoms with Crippen molar-refractivity contribution >= 4 is 17.7 Å². The first-order chi connectivity index (χ1) is 13.8. The first-order valence-electron chi connectivity index (χ1n) is 9.14. The second kappa shape index (κ2) is 8.23. The number of amides is 1. The van der Waals surface area contributed by atoms with Crippen molar-refractivity contribution in [3.05, 3.63) is 48.2 Å². The highest BCUT2D eigenvalue weighted by Crippen LogP contribution is 2.35. The Hall–Kier alpha value is -3.53. The molecule has 1 aromatic carbocycles. The highest BCUT2D eigenvalue weighted by atomic mass is 16.5. The number of carbonyl (C=O) groups is 2. The fraction of sp³-hybridized carbons (Fsp3) is 0.318. The molecule has 0 saturated carbocycles. The van der Waals surface area contributed by atoms with Gasteiger partial charge in [-0.3, -0.25) is 14.5 Å². The third kappa shape index (κ3) is 4.49. The van der Waals surface area contributed by atoms with Crippen molar-refractivity contribution in [2.75, 3.05) is 11.6 Å². The fourth-order valence-electron chi connectivity index (χ4n) is 3.06. The molecular weight excluding hydrogens is 372 g/mol. The highest BCUT2D eigenvalue weighted by molar-refractivity contribution is 6.01. The molecule has 0 radical (unpaired) electrons. The molecule has 0 spiro atoms. The van der Waals surface area contributed by atoms with Crippen LogP contribution < -0.4 is 14.4 Å². The number of aromatic nitrogens is 1. The molecule has 0 fully saturated rings. The number of carbonyl (C=O) groups excluding carboxylic acids is 1. The molecule has 1 unspecified atom stereocenters. The maximum Gasteiger partial charge on any atom is 0.304 e. The third-order valence-corrected chi connectivity index (χ3v) is 4.47. The smallest absolute Gasteiger partial charge is 0.304 e. The van der Waals surface area contributed by atoms with Gasteiger partial charge in [-0.1, -0.05) is 18.1 Å². The number of benzene rings is 1. The van der Waals surface area contributed by atoms with Gasteiger partial charge in [0.1, 0.15) is 5.75 Å². The molecular formula is C22H22N2O5. The van der Waals surface area contributed by atoms with E-state index in [1.165, 1.54) is 4.90 Å². The van der Waals surface area contributed by atoms with Crippen LogP contribution in [-0.4, -0.2) is 34.3 Å². The number of anilines is 1. The second-order valence-corrected chi connectivity index (χ2v) is 7.06. The number of rotatable bonds is 6. The number of ether oxygens (including phenoxy) is 2. The Labute approximate surface area is 169 Å². The summed E-state index contributed by atoms with van der Waals surface area (Å²) in [5.74, 6) is 5.61. The second-order valence-electron chi connectivity index (χ2n) is 7.06. The molecule has 3 rings (SSSR count). The lowest BCUT2D eigenvalue weighted by Gasteiger charge is -2.37. The Bertz CT molecular complexity index is 973. The Morgan fingerprint density at radius 1 is 1.31 bits per heavy atom. The van der Waals surface area contributed by atoms with E-state index < -0.39 is 11.6 Å². The number of fused-ring (bicyclic) bond motifs is 1. The highest BCUT2D eigenvalue weighted by Gasteiger charge is 2.41. The summed E-state index contributed by atoms with van der Waals surface area (Å²) in [4.78, 5) is 29.5. The monoisotopic (exact) mass is 394 g/mol. The standard InChI is InChI=1S/C22H22N2O5/c1-4-6-16(13-19(25)26)15-8-10-17(11-9-15)28-14-24-20-18(7-5-12-23-20)29-22(2,3)21(24)27/h5,7-12,16H,13-14H2,1-3H3,(H,25,26). The van der Waals surface area contributed by atoms with E-state index >= 15 is 0 Å². The summed E-state index contributed by atoms with van der Waals surface area (Å²) < 4.78 is 11.5. The van der Waals surface area contributed by atoms with Gasteiger partial charge in [0.25, 0.3) is 5.91 Å². The summed E-state index contributed by atoms with van der Waals surface area (Å²) in [6.45, 7) is 5.05. The van der Waals surface area contributed by atoms with Crippen LogP contribution in [0.25, 0.3) is 0 Å². The van der Waals surface area contributed by atoms with Crippen molar-refractivity contribution in [1.29, 1.82) is 0 Å². The minimum absolute atomic E-state index is 0.0255. The van der Waals surface area contributed by atoms with Gasteiger partial charge < -0.3 is 14.6 Å². The number of carboxylic acid groups (broad SMARTS) is 1. The predicted octanol–water partition coefficient (Wildman–Crippen LogP) is 3.20. The molecule has 1 amide bonds. The maximum atomic E-state index is 12.8. The zero-order chi connectivity index (χ0) is 21.0. The van der Waals surface area contributed by atoms with E-state index in [0.29, 0.717) is 17.3 Å². The van der Waals surface area contributed by atoms with Crippen molar-refractivity contribution in [3.63, 3.8) is 0 Å². The van der Waals surface area contributed by atoms with Gasteiger partial charge in [-0.05, 0) is 50.6 Å². The Balaban J connectivity index is 1.75. The fourth-order valence-corrected chi connectivity index (χ4v) is 3.06. The first kappa shape index (κ1) is 20.2. The number of aliphatic carboxylic acids is 1. The lowest BCUT2D eigenvalue weighted by atomic mass is 9.96. The summed E-state index contributed by atoms with van der Waals surface area (Å²) in [7, 11) is 0. The van der Waals surface area contributed by atoms with E-state index in [-0.39, 0.29) is 25.0 Å². The van der Waals surface area contributed by atoms with Gasteiger partial charge in [-0.25, -0.2) is 4.98 Å². The van der Waals surface area contributed by atoms with Crippen LogP contribution in [0.3, 0.4) is 0 Å². The largest absolute Gasteiger partial charge is 0.481 e. The summed E-state index contributed by atoms with van der Waals surface area (Å²) in [6.07, 6.45) is 1.52. The van der Waals surface area contributed by atoms with E-state index in [1.54, 1.807) is 63.4 Å². The number of hydrogen-bond acceptors (Lipinski definition) is 5. The van der Waals surface area contributed by atoms with Crippen molar-refractivity contribution in [2.45, 2.75) is 38.7 Å². The van der Waals surface area contributed by atoms with Gasteiger partial charge in [0.2, 0.25) is 0 Å². The molecule has 7 nitrogen and oxygen atoms in total. The van der Waals surface area contributed by atoms with Gasteiger partial charge in [0, 0.05) is 6.20 Å². The lowest BCUT2D eigenvalue weighted by molar-refractivity contribution is -0.137. The van der Waals surface area contributed by atoms with Crippen LogP contribution in [0.2, 0.25) is 0 Å². The van der Waals surface area contributed by atoms with Crippen LogP contribution in [0.15, 0.2) is 42.6 Å². The van der Waals surface area contributed by atoms with Crippen LogP contribution in [-0.2, 0) is 9.59 Å². The van der Waals surface area contributed by atoms with E-state index in [9.17, 15) is 9.59 Å². The number of carboxylic acids is 1. The minimum atomic E-state index is -1.02. The molecule has 1 aliphatic heterocycles. The minimum Gasteiger partial charge on any atom is -0.481 e.